The fraction of sp³-hybridized carbons (Fsp3) is 0.143. The molecule has 0 aromatic heterocycles. The monoisotopic (exact) mass is 340 g/mol. The third kappa shape index (κ3) is 3.85. The van der Waals surface area contributed by atoms with Gasteiger partial charge in [0.2, 0.25) is 10.0 Å². The molecule has 0 aliphatic rings. The minimum atomic E-state index is -3.96. The van der Waals surface area contributed by atoms with Crippen LogP contribution in [0.25, 0.3) is 0 Å². The molecule has 0 atom stereocenters. The average Bonchev–Trinajstić information content (AvgIpc) is 2.47. The first-order valence-corrected chi connectivity index (χ1v) is 9.50. The van der Waals surface area contributed by atoms with E-state index in [1.165, 1.54) is 18.2 Å². The molecule has 0 saturated carbocycles. The number of hydrogen-bond acceptors (Lipinski definition) is 4. The van der Waals surface area contributed by atoms with E-state index in [2.05, 4.69) is 4.72 Å². The fourth-order valence-electron chi connectivity index (χ4n) is 1.84. The highest BCUT2D eigenvalue weighted by atomic mass is 32.2. The molecule has 0 spiro atoms. The van der Waals surface area contributed by atoms with Gasteiger partial charge in [0.1, 0.15) is 0 Å². The highest BCUT2D eigenvalue weighted by Gasteiger charge is 2.17. The number of anilines is 1. The minimum Gasteiger partial charge on any atom is -0.280 e. The van der Waals surface area contributed by atoms with Gasteiger partial charge in [-0.1, -0.05) is 25.1 Å². The summed E-state index contributed by atoms with van der Waals surface area (Å²) in [6.45, 7) is 2.00. The lowest BCUT2D eigenvalue weighted by Gasteiger charge is -2.09. The van der Waals surface area contributed by atoms with Gasteiger partial charge in [0.05, 0.1) is 9.79 Å². The second kappa shape index (κ2) is 6.07. The zero-order valence-corrected chi connectivity index (χ0v) is 13.5. The van der Waals surface area contributed by atoms with E-state index in [0.29, 0.717) is 5.69 Å². The van der Waals surface area contributed by atoms with E-state index in [4.69, 9.17) is 5.14 Å². The lowest BCUT2D eigenvalue weighted by atomic mass is 10.2. The minimum absolute atomic E-state index is 0.168. The first kappa shape index (κ1) is 16.5. The highest BCUT2D eigenvalue weighted by Crippen LogP contribution is 2.19. The number of primary sulfonamides is 1. The van der Waals surface area contributed by atoms with E-state index < -0.39 is 20.0 Å². The molecule has 2 rings (SSSR count). The van der Waals surface area contributed by atoms with E-state index in [-0.39, 0.29) is 9.79 Å². The molecule has 3 N–H and O–H groups in total. The quantitative estimate of drug-likeness (QED) is 0.864. The molecule has 0 aliphatic carbocycles. The van der Waals surface area contributed by atoms with Crippen LogP contribution in [0.1, 0.15) is 12.5 Å². The molecule has 0 heterocycles. The molecular formula is C14H16N2O4S2. The van der Waals surface area contributed by atoms with Crippen molar-refractivity contribution >= 4 is 25.7 Å². The van der Waals surface area contributed by atoms with E-state index in [1.54, 1.807) is 12.1 Å². The number of hydrogen-bond donors (Lipinski definition) is 2. The van der Waals surface area contributed by atoms with Gasteiger partial charge in [0, 0.05) is 5.69 Å². The molecule has 8 heteroatoms. The van der Waals surface area contributed by atoms with Crippen molar-refractivity contribution in [1.82, 2.24) is 0 Å². The van der Waals surface area contributed by atoms with Crippen LogP contribution >= 0.6 is 0 Å². The topological polar surface area (TPSA) is 106 Å². The van der Waals surface area contributed by atoms with Crippen molar-refractivity contribution in [1.29, 1.82) is 0 Å². The van der Waals surface area contributed by atoms with Crippen LogP contribution < -0.4 is 9.86 Å². The molecule has 118 valence electrons. The fourth-order valence-corrected chi connectivity index (χ4v) is 3.58. The van der Waals surface area contributed by atoms with Crippen molar-refractivity contribution < 1.29 is 16.8 Å². The normalized spacial score (nSPS) is 12.1. The Morgan fingerprint density at radius 1 is 0.955 bits per heavy atom. The van der Waals surface area contributed by atoms with Crippen LogP contribution in [-0.4, -0.2) is 16.8 Å². The molecular weight excluding hydrogens is 324 g/mol. The Kier molecular flexibility index (Phi) is 4.55. The summed E-state index contributed by atoms with van der Waals surface area (Å²) in [5, 5.41) is 5.01. The van der Waals surface area contributed by atoms with Gasteiger partial charge >= 0.3 is 0 Å². The largest absolute Gasteiger partial charge is 0.280 e. The Bertz CT molecular complexity index is 873. The Balaban J connectivity index is 2.34. The molecule has 0 aliphatic heterocycles. The summed E-state index contributed by atoms with van der Waals surface area (Å²) in [6, 6.07) is 11.8. The van der Waals surface area contributed by atoms with Gasteiger partial charge in [-0.25, -0.2) is 22.0 Å². The van der Waals surface area contributed by atoms with Crippen molar-refractivity contribution in [3.8, 4) is 0 Å². The smallest absolute Gasteiger partial charge is 0.261 e. The number of aryl methyl sites for hydroxylation is 1. The van der Waals surface area contributed by atoms with Crippen LogP contribution in [0.2, 0.25) is 0 Å². The molecule has 0 radical (unpaired) electrons. The predicted octanol–water partition coefficient (Wildman–Crippen LogP) is 1.70. The molecule has 0 saturated heterocycles. The van der Waals surface area contributed by atoms with Crippen LogP contribution in [0.15, 0.2) is 58.3 Å². The molecule has 0 bridgehead atoms. The first-order valence-electron chi connectivity index (χ1n) is 6.47. The molecule has 2 aromatic rings. The molecule has 6 nitrogen and oxygen atoms in total. The zero-order chi connectivity index (χ0) is 16.4. The standard InChI is InChI=1S/C14H16N2O4S2/c1-2-11-6-8-12(9-7-11)16-22(19,20)14-5-3-4-13(10-14)21(15,17)18/h3-10,16H,2H2,1H3,(H2,15,17,18). The number of sulfonamides is 2. The second-order valence-corrected chi connectivity index (χ2v) is 7.92. The van der Waals surface area contributed by atoms with Gasteiger partial charge in [-0.3, -0.25) is 4.72 Å². The number of benzene rings is 2. The molecule has 2 aromatic carbocycles. The highest BCUT2D eigenvalue weighted by molar-refractivity contribution is 7.93. The Morgan fingerprint density at radius 2 is 1.55 bits per heavy atom. The van der Waals surface area contributed by atoms with Crippen LogP contribution in [0, 0.1) is 0 Å². The SMILES string of the molecule is CCc1ccc(NS(=O)(=O)c2cccc(S(N)(=O)=O)c2)cc1. The van der Waals surface area contributed by atoms with Crippen molar-refractivity contribution in [2.24, 2.45) is 5.14 Å². The van der Waals surface area contributed by atoms with Gasteiger partial charge < -0.3 is 0 Å². The molecule has 22 heavy (non-hydrogen) atoms. The Labute approximate surface area is 130 Å². The van der Waals surface area contributed by atoms with E-state index in [1.807, 2.05) is 19.1 Å². The summed E-state index contributed by atoms with van der Waals surface area (Å²) in [6.07, 6.45) is 0.851. The molecule has 0 amide bonds. The number of nitrogens with two attached hydrogens (primary N) is 1. The maximum Gasteiger partial charge on any atom is 0.261 e. The van der Waals surface area contributed by atoms with E-state index in [0.717, 1.165) is 18.1 Å². The van der Waals surface area contributed by atoms with Crippen LogP contribution in [-0.2, 0) is 26.5 Å². The number of rotatable bonds is 5. The third-order valence-corrected chi connectivity index (χ3v) is 5.35. The second-order valence-electron chi connectivity index (χ2n) is 4.68. The zero-order valence-electron chi connectivity index (χ0n) is 11.9. The van der Waals surface area contributed by atoms with Gasteiger partial charge in [0.25, 0.3) is 10.0 Å². The van der Waals surface area contributed by atoms with Crippen molar-refractivity contribution in [2.75, 3.05) is 4.72 Å². The predicted molar refractivity (Wildman–Crippen MR) is 84.4 cm³/mol. The lowest BCUT2D eigenvalue weighted by molar-refractivity contribution is 0.597. The van der Waals surface area contributed by atoms with Crippen molar-refractivity contribution in [3.05, 3.63) is 54.1 Å². The first-order chi connectivity index (χ1) is 10.2. The van der Waals surface area contributed by atoms with E-state index in [9.17, 15) is 16.8 Å². The van der Waals surface area contributed by atoms with Gasteiger partial charge in [0.15, 0.2) is 0 Å². The Hall–Kier alpha value is -1.90. The third-order valence-electron chi connectivity index (χ3n) is 3.06. The van der Waals surface area contributed by atoms with Gasteiger partial charge in [-0.15, -0.1) is 0 Å². The lowest BCUT2D eigenvalue weighted by Crippen LogP contribution is -2.16. The molecule has 0 fully saturated rings. The maximum atomic E-state index is 12.3. The maximum absolute atomic E-state index is 12.3. The van der Waals surface area contributed by atoms with Crippen LogP contribution in [0.5, 0.6) is 0 Å². The van der Waals surface area contributed by atoms with E-state index >= 15 is 0 Å². The average molecular weight is 340 g/mol. The van der Waals surface area contributed by atoms with Gasteiger partial charge in [-0.05, 0) is 42.3 Å². The van der Waals surface area contributed by atoms with Crippen molar-refractivity contribution in [3.63, 3.8) is 0 Å². The van der Waals surface area contributed by atoms with Crippen molar-refractivity contribution in [2.45, 2.75) is 23.1 Å². The van der Waals surface area contributed by atoms with Crippen LogP contribution in [0.4, 0.5) is 5.69 Å². The number of nitrogens with one attached hydrogen (secondary N) is 1. The summed E-state index contributed by atoms with van der Waals surface area (Å²) in [5.74, 6) is 0. The Morgan fingerprint density at radius 3 is 2.09 bits per heavy atom. The summed E-state index contributed by atoms with van der Waals surface area (Å²) in [5.41, 5.74) is 1.48. The van der Waals surface area contributed by atoms with Gasteiger partial charge in [-0.2, -0.15) is 0 Å². The summed E-state index contributed by atoms with van der Waals surface area (Å²) >= 11 is 0. The molecule has 0 unspecified atom stereocenters. The van der Waals surface area contributed by atoms with Crippen LogP contribution in [0.3, 0.4) is 0 Å². The summed E-state index contributed by atoms with van der Waals surface area (Å²) in [7, 11) is -7.85. The summed E-state index contributed by atoms with van der Waals surface area (Å²) in [4.78, 5) is -0.421. The summed E-state index contributed by atoms with van der Waals surface area (Å²) < 4.78 is 49.6.